The van der Waals surface area contributed by atoms with Crippen molar-refractivity contribution in [2.75, 3.05) is 11.4 Å². The number of halogens is 1. The molecule has 114 valence electrons. The molecular formula is C17H16BrNO2S. The van der Waals surface area contributed by atoms with E-state index in [4.69, 9.17) is 0 Å². The van der Waals surface area contributed by atoms with Gasteiger partial charge in [0.25, 0.3) is 0 Å². The summed E-state index contributed by atoms with van der Waals surface area (Å²) in [7, 11) is 0. The van der Waals surface area contributed by atoms with Gasteiger partial charge in [0.05, 0.1) is 4.88 Å². The topological polar surface area (TPSA) is 37.4 Å². The van der Waals surface area contributed by atoms with Crippen LogP contribution in [-0.4, -0.2) is 18.2 Å². The van der Waals surface area contributed by atoms with Crippen LogP contribution in [-0.2, 0) is 11.2 Å². The van der Waals surface area contributed by atoms with Gasteiger partial charge in [-0.3, -0.25) is 9.59 Å². The molecule has 0 bridgehead atoms. The highest BCUT2D eigenvalue weighted by molar-refractivity contribution is 9.10. The first-order chi connectivity index (χ1) is 10.5. The fraction of sp³-hybridized carbons (Fsp3) is 0.294. The van der Waals surface area contributed by atoms with E-state index in [1.54, 1.807) is 4.90 Å². The van der Waals surface area contributed by atoms with Gasteiger partial charge >= 0.3 is 0 Å². The van der Waals surface area contributed by atoms with Crippen molar-refractivity contribution in [3.05, 3.63) is 50.1 Å². The lowest BCUT2D eigenvalue weighted by Gasteiger charge is -2.17. The lowest BCUT2D eigenvalue weighted by atomic mass is 10.1. The molecule has 22 heavy (non-hydrogen) atoms. The molecule has 1 amide bonds. The van der Waals surface area contributed by atoms with Gasteiger partial charge < -0.3 is 4.90 Å². The number of amides is 1. The van der Waals surface area contributed by atoms with Crippen molar-refractivity contribution < 1.29 is 9.59 Å². The summed E-state index contributed by atoms with van der Waals surface area (Å²) in [4.78, 5) is 28.2. The second-order valence-corrected chi connectivity index (χ2v) is 7.61. The van der Waals surface area contributed by atoms with Crippen LogP contribution in [0, 0.1) is 6.92 Å². The molecule has 0 radical (unpaired) electrons. The number of fused-ring (bicyclic) bond motifs is 1. The number of anilines is 1. The predicted molar refractivity (Wildman–Crippen MR) is 92.8 cm³/mol. The van der Waals surface area contributed by atoms with Crippen molar-refractivity contribution >= 4 is 44.6 Å². The molecule has 0 N–H and O–H groups in total. The molecule has 0 saturated carbocycles. The Morgan fingerprint density at radius 3 is 2.77 bits per heavy atom. The number of nitrogens with zero attached hydrogens (tertiary/aromatic N) is 1. The molecular weight excluding hydrogens is 362 g/mol. The lowest BCUT2D eigenvalue weighted by Crippen LogP contribution is -2.29. The summed E-state index contributed by atoms with van der Waals surface area (Å²) >= 11 is 4.94. The normalized spacial score (nSPS) is 13.3. The van der Waals surface area contributed by atoms with Crippen LogP contribution < -0.4 is 4.90 Å². The Kier molecular flexibility index (Phi) is 4.45. The van der Waals surface area contributed by atoms with Crippen molar-refractivity contribution in [2.45, 2.75) is 26.2 Å². The van der Waals surface area contributed by atoms with Crippen molar-refractivity contribution in [2.24, 2.45) is 0 Å². The summed E-state index contributed by atoms with van der Waals surface area (Å²) in [6.45, 7) is 2.68. The summed E-state index contributed by atoms with van der Waals surface area (Å²) in [6, 6.07) is 9.75. The Morgan fingerprint density at radius 2 is 2.05 bits per heavy atom. The van der Waals surface area contributed by atoms with Crippen LogP contribution in [0.1, 0.15) is 33.0 Å². The minimum Gasteiger partial charge on any atom is -0.312 e. The molecule has 2 heterocycles. The van der Waals surface area contributed by atoms with E-state index in [9.17, 15) is 9.59 Å². The average Bonchev–Trinajstić information content (AvgIpc) is 3.10. The molecule has 3 nitrogen and oxygen atoms in total. The van der Waals surface area contributed by atoms with Gasteiger partial charge in [-0.05, 0) is 49.2 Å². The summed E-state index contributed by atoms with van der Waals surface area (Å²) in [5.74, 6) is 0.0874. The highest BCUT2D eigenvalue weighted by Crippen LogP contribution is 2.31. The second kappa shape index (κ2) is 6.34. The lowest BCUT2D eigenvalue weighted by molar-refractivity contribution is -0.118. The predicted octanol–water partition coefficient (Wildman–Crippen LogP) is 4.37. The van der Waals surface area contributed by atoms with Crippen molar-refractivity contribution in [1.82, 2.24) is 0 Å². The third-order valence-corrected chi connectivity index (χ3v) is 5.35. The van der Waals surface area contributed by atoms with Crippen molar-refractivity contribution in [1.29, 1.82) is 0 Å². The van der Waals surface area contributed by atoms with E-state index in [1.807, 2.05) is 31.2 Å². The Bertz CT molecular complexity index is 738. The molecule has 1 aliphatic rings. The molecule has 0 fully saturated rings. The van der Waals surface area contributed by atoms with E-state index in [0.717, 1.165) is 26.3 Å². The third-order valence-electron chi connectivity index (χ3n) is 3.82. The van der Waals surface area contributed by atoms with Crippen LogP contribution in [0.15, 0.2) is 34.8 Å². The zero-order valence-electron chi connectivity index (χ0n) is 12.3. The van der Waals surface area contributed by atoms with Crippen molar-refractivity contribution in [3.8, 4) is 0 Å². The minimum absolute atomic E-state index is 0.0303. The largest absolute Gasteiger partial charge is 0.312 e. The summed E-state index contributed by atoms with van der Waals surface area (Å²) in [5.41, 5.74) is 2.16. The number of aryl methyl sites for hydroxylation is 1. The first-order valence-electron chi connectivity index (χ1n) is 7.23. The van der Waals surface area contributed by atoms with Crippen molar-refractivity contribution in [3.63, 3.8) is 0 Å². The number of Topliss-reactive ketones (excluding diaryl/α,β-unsaturated/α-hetero) is 1. The highest BCUT2D eigenvalue weighted by atomic mass is 79.9. The smallest absolute Gasteiger partial charge is 0.227 e. The van der Waals surface area contributed by atoms with Crippen LogP contribution in [0.5, 0.6) is 0 Å². The summed E-state index contributed by atoms with van der Waals surface area (Å²) in [6.07, 6.45) is 1.42. The minimum atomic E-state index is 0.0303. The first-order valence-corrected chi connectivity index (χ1v) is 8.84. The Balaban J connectivity index is 1.63. The van der Waals surface area contributed by atoms with Crippen LogP contribution in [0.4, 0.5) is 5.69 Å². The third kappa shape index (κ3) is 3.15. The molecule has 0 spiro atoms. The van der Waals surface area contributed by atoms with Gasteiger partial charge in [-0.1, -0.05) is 15.9 Å². The molecule has 1 aromatic carbocycles. The number of carbonyl (C=O) groups excluding carboxylic acids is 2. The second-order valence-electron chi connectivity index (χ2n) is 5.40. The first kappa shape index (κ1) is 15.4. The number of benzene rings is 1. The number of thiophene rings is 1. The molecule has 5 heteroatoms. The molecule has 1 aliphatic heterocycles. The molecule has 0 saturated heterocycles. The maximum atomic E-state index is 12.4. The molecule has 2 aromatic rings. The van der Waals surface area contributed by atoms with E-state index in [2.05, 4.69) is 22.0 Å². The molecule has 0 atom stereocenters. The number of hydrogen-bond donors (Lipinski definition) is 0. The van der Waals surface area contributed by atoms with Gasteiger partial charge in [-0.2, -0.15) is 0 Å². The molecule has 0 aliphatic carbocycles. The van der Waals surface area contributed by atoms with Gasteiger partial charge in [0.15, 0.2) is 5.78 Å². The van der Waals surface area contributed by atoms with Gasteiger partial charge in [-0.15, -0.1) is 11.3 Å². The van der Waals surface area contributed by atoms with Crippen LogP contribution in [0.3, 0.4) is 0 Å². The number of ketones is 1. The van der Waals surface area contributed by atoms with E-state index in [1.165, 1.54) is 16.9 Å². The van der Waals surface area contributed by atoms with Crippen LogP contribution >= 0.6 is 27.3 Å². The number of carbonyl (C=O) groups is 2. The number of rotatable bonds is 4. The Labute approximate surface area is 142 Å². The van der Waals surface area contributed by atoms with E-state index in [-0.39, 0.29) is 24.5 Å². The van der Waals surface area contributed by atoms with Gasteiger partial charge in [-0.25, -0.2) is 0 Å². The number of hydrogen-bond acceptors (Lipinski definition) is 3. The average molecular weight is 378 g/mol. The van der Waals surface area contributed by atoms with E-state index in [0.29, 0.717) is 6.54 Å². The fourth-order valence-electron chi connectivity index (χ4n) is 2.69. The monoisotopic (exact) mass is 377 g/mol. The maximum Gasteiger partial charge on any atom is 0.227 e. The molecule has 0 unspecified atom stereocenters. The standard InChI is InChI=1S/C17H16BrNO2S/c1-11-2-6-16(22-11)15(20)5-7-17(21)19-9-8-12-10-13(18)3-4-14(12)19/h2-4,6,10H,5,7-9H2,1H3. The Hall–Kier alpha value is -1.46. The van der Waals surface area contributed by atoms with Gasteiger partial charge in [0, 0.05) is 34.4 Å². The van der Waals surface area contributed by atoms with E-state index < -0.39 is 0 Å². The fourth-order valence-corrected chi connectivity index (χ4v) is 3.94. The summed E-state index contributed by atoms with van der Waals surface area (Å²) in [5, 5.41) is 0. The Morgan fingerprint density at radius 1 is 1.23 bits per heavy atom. The highest BCUT2D eigenvalue weighted by Gasteiger charge is 2.25. The summed E-state index contributed by atoms with van der Waals surface area (Å²) < 4.78 is 1.03. The SMILES string of the molecule is Cc1ccc(C(=O)CCC(=O)N2CCc3cc(Br)ccc32)s1. The van der Waals surface area contributed by atoms with Gasteiger partial charge in [0.2, 0.25) is 5.91 Å². The zero-order chi connectivity index (χ0) is 15.7. The quantitative estimate of drug-likeness (QED) is 0.741. The van der Waals surface area contributed by atoms with Gasteiger partial charge in [0.1, 0.15) is 0 Å². The van der Waals surface area contributed by atoms with E-state index >= 15 is 0 Å². The van der Waals surface area contributed by atoms with Crippen LogP contribution in [0.2, 0.25) is 0 Å². The molecule has 1 aromatic heterocycles. The zero-order valence-corrected chi connectivity index (χ0v) is 14.7. The maximum absolute atomic E-state index is 12.4. The molecule has 3 rings (SSSR count). The van der Waals surface area contributed by atoms with Crippen LogP contribution in [0.25, 0.3) is 0 Å².